The number of nitrogen functional groups attached to an aromatic ring is 1. The lowest BCUT2D eigenvalue weighted by molar-refractivity contribution is 0.0830. The van der Waals surface area contributed by atoms with Gasteiger partial charge in [0.1, 0.15) is 6.61 Å². The Bertz CT molecular complexity index is 1090. The number of nitrogens with zero attached hydrogens (tertiary/aromatic N) is 1. The van der Waals surface area contributed by atoms with Crippen molar-refractivity contribution in [3.05, 3.63) is 88.4 Å². The van der Waals surface area contributed by atoms with Crippen LogP contribution in [0.25, 0.3) is 0 Å². The van der Waals surface area contributed by atoms with Gasteiger partial charge in [-0.1, -0.05) is 54.1 Å². The number of methoxy groups -OCH3 is 1. The summed E-state index contributed by atoms with van der Waals surface area (Å²) < 4.78 is 11.2. The molecular formula is C24H24ClN3O4. The fourth-order valence-corrected chi connectivity index (χ4v) is 3.15. The number of urea groups is 1. The van der Waals surface area contributed by atoms with Crippen molar-refractivity contribution >= 4 is 29.2 Å². The number of anilines is 1. The van der Waals surface area contributed by atoms with E-state index in [0.29, 0.717) is 17.2 Å². The lowest BCUT2D eigenvalue weighted by Crippen LogP contribution is -2.40. The van der Waals surface area contributed by atoms with Gasteiger partial charge in [0.2, 0.25) is 0 Å². The Balaban J connectivity index is 1.72. The highest BCUT2D eigenvalue weighted by Gasteiger charge is 2.23. The summed E-state index contributed by atoms with van der Waals surface area (Å²) in [6, 6.07) is 19.1. The fourth-order valence-electron chi connectivity index (χ4n) is 2.91. The summed E-state index contributed by atoms with van der Waals surface area (Å²) in [4.78, 5) is 26.4. The molecule has 3 rings (SSSR count). The Morgan fingerprint density at radius 2 is 1.69 bits per heavy atom. The number of hydrogen-bond acceptors (Lipinski definition) is 5. The van der Waals surface area contributed by atoms with Crippen LogP contribution in [0.3, 0.4) is 0 Å². The van der Waals surface area contributed by atoms with Gasteiger partial charge in [-0.25, -0.2) is 4.79 Å². The number of ether oxygens (including phenoxy) is 2. The van der Waals surface area contributed by atoms with Crippen LogP contribution in [0, 0.1) is 0 Å². The van der Waals surface area contributed by atoms with E-state index in [1.807, 2.05) is 30.3 Å². The number of carbonyl (C=O) groups excluding carboxylic acids is 2. The molecular weight excluding hydrogens is 430 g/mol. The second-order valence-electron chi connectivity index (χ2n) is 7.02. The van der Waals surface area contributed by atoms with E-state index in [4.69, 9.17) is 26.8 Å². The molecule has 0 fully saturated rings. The number of halogens is 1. The van der Waals surface area contributed by atoms with Crippen LogP contribution in [-0.2, 0) is 13.2 Å². The lowest BCUT2D eigenvalue weighted by atomic mass is 10.1. The van der Waals surface area contributed by atoms with Gasteiger partial charge in [0, 0.05) is 25.3 Å². The molecule has 3 aromatic carbocycles. The highest BCUT2D eigenvalue weighted by Crippen LogP contribution is 2.34. The number of rotatable bonds is 7. The molecule has 0 aromatic heterocycles. The van der Waals surface area contributed by atoms with Crippen molar-refractivity contribution in [3.8, 4) is 11.5 Å². The second kappa shape index (κ2) is 10.5. The minimum atomic E-state index is -0.572. The molecule has 0 bridgehead atoms. The SMILES string of the molecule is COc1cc(Cl)c(C(=O)N(C)C(=O)NCc2ccc(N)cc2)cc1OCc1ccccc1. The van der Waals surface area contributed by atoms with Crippen LogP contribution in [0.4, 0.5) is 10.5 Å². The predicted octanol–water partition coefficient (Wildman–Crippen LogP) is 4.49. The minimum absolute atomic E-state index is 0.126. The summed E-state index contributed by atoms with van der Waals surface area (Å²) >= 11 is 6.30. The zero-order chi connectivity index (χ0) is 23.1. The van der Waals surface area contributed by atoms with E-state index in [9.17, 15) is 9.59 Å². The Labute approximate surface area is 191 Å². The molecule has 0 aliphatic carbocycles. The number of carbonyl (C=O) groups is 2. The van der Waals surface area contributed by atoms with Crippen molar-refractivity contribution in [2.75, 3.05) is 19.9 Å². The van der Waals surface area contributed by atoms with Gasteiger partial charge < -0.3 is 20.5 Å². The zero-order valence-corrected chi connectivity index (χ0v) is 18.6. The molecule has 0 saturated heterocycles. The molecule has 3 amide bonds. The molecule has 0 aliphatic rings. The predicted molar refractivity (Wildman–Crippen MR) is 124 cm³/mol. The zero-order valence-electron chi connectivity index (χ0n) is 17.8. The summed E-state index contributed by atoms with van der Waals surface area (Å²) in [6.07, 6.45) is 0. The average molecular weight is 454 g/mol. The van der Waals surface area contributed by atoms with Gasteiger partial charge in [-0.15, -0.1) is 0 Å². The topological polar surface area (TPSA) is 93.9 Å². The van der Waals surface area contributed by atoms with Crippen molar-refractivity contribution in [1.29, 1.82) is 0 Å². The number of nitrogens with one attached hydrogen (secondary N) is 1. The van der Waals surface area contributed by atoms with E-state index in [-0.39, 0.29) is 23.7 Å². The van der Waals surface area contributed by atoms with E-state index in [1.165, 1.54) is 26.3 Å². The first kappa shape index (κ1) is 23.0. The quantitative estimate of drug-likeness (QED) is 0.514. The molecule has 32 heavy (non-hydrogen) atoms. The molecule has 3 N–H and O–H groups in total. The summed E-state index contributed by atoms with van der Waals surface area (Å²) in [5, 5.41) is 2.85. The normalized spacial score (nSPS) is 10.3. The highest BCUT2D eigenvalue weighted by atomic mass is 35.5. The maximum absolute atomic E-state index is 13.0. The van der Waals surface area contributed by atoms with E-state index in [2.05, 4.69) is 5.32 Å². The first-order chi connectivity index (χ1) is 15.4. The van der Waals surface area contributed by atoms with Gasteiger partial charge >= 0.3 is 6.03 Å². The van der Waals surface area contributed by atoms with E-state index in [0.717, 1.165) is 16.0 Å². The molecule has 0 atom stereocenters. The van der Waals surface area contributed by atoms with Crippen LogP contribution < -0.4 is 20.5 Å². The third-order valence-corrected chi connectivity index (χ3v) is 5.07. The van der Waals surface area contributed by atoms with Crippen molar-refractivity contribution < 1.29 is 19.1 Å². The third kappa shape index (κ3) is 5.70. The Morgan fingerprint density at radius 3 is 2.34 bits per heavy atom. The van der Waals surface area contributed by atoms with Gasteiger partial charge in [0.05, 0.1) is 17.7 Å². The lowest BCUT2D eigenvalue weighted by Gasteiger charge is -2.19. The molecule has 0 unspecified atom stereocenters. The monoisotopic (exact) mass is 453 g/mol. The Hall–Kier alpha value is -3.71. The maximum atomic E-state index is 13.0. The van der Waals surface area contributed by atoms with E-state index < -0.39 is 11.9 Å². The van der Waals surface area contributed by atoms with Crippen molar-refractivity contribution in [2.45, 2.75) is 13.2 Å². The van der Waals surface area contributed by atoms with Crippen LogP contribution in [0.15, 0.2) is 66.7 Å². The summed E-state index contributed by atoms with van der Waals surface area (Å²) in [5.41, 5.74) is 8.23. The fraction of sp³-hybridized carbons (Fsp3) is 0.167. The van der Waals surface area contributed by atoms with Gasteiger partial charge in [0.25, 0.3) is 5.91 Å². The molecule has 0 aliphatic heterocycles. The number of hydrogen-bond donors (Lipinski definition) is 2. The molecule has 0 radical (unpaired) electrons. The third-order valence-electron chi connectivity index (χ3n) is 4.75. The van der Waals surface area contributed by atoms with Crippen molar-refractivity contribution in [1.82, 2.24) is 10.2 Å². The van der Waals surface area contributed by atoms with Crippen molar-refractivity contribution in [3.63, 3.8) is 0 Å². The molecule has 166 valence electrons. The number of nitrogens with two attached hydrogens (primary N) is 1. The smallest absolute Gasteiger partial charge is 0.324 e. The molecule has 0 saturated carbocycles. The van der Waals surface area contributed by atoms with E-state index >= 15 is 0 Å². The average Bonchev–Trinajstić information content (AvgIpc) is 2.82. The van der Waals surface area contributed by atoms with Gasteiger partial charge in [-0.2, -0.15) is 0 Å². The number of benzene rings is 3. The van der Waals surface area contributed by atoms with Crippen LogP contribution in [0.5, 0.6) is 11.5 Å². The van der Waals surface area contributed by atoms with Gasteiger partial charge in [-0.05, 0) is 29.3 Å². The molecule has 0 spiro atoms. The summed E-state index contributed by atoms with van der Waals surface area (Å²) in [7, 11) is 2.87. The van der Waals surface area contributed by atoms with Crippen LogP contribution in [0.1, 0.15) is 21.5 Å². The number of imide groups is 1. The summed E-state index contributed by atoms with van der Waals surface area (Å²) in [5.74, 6) is 0.162. The molecule has 0 heterocycles. The Morgan fingerprint density at radius 1 is 1.00 bits per heavy atom. The van der Waals surface area contributed by atoms with Crippen LogP contribution >= 0.6 is 11.6 Å². The molecule has 3 aromatic rings. The maximum Gasteiger partial charge on any atom is 0.324 e. The molecule has 8 heteroatoms. The highest BCUT2D eigenvalue weighted by molar-refractivity contribution is 6.34. The summed E-state index contributed by atoms with van der Waals surface area (Å²) in [6.45, 7) is 0.531. The number of amides is 3. The van der Waals surface area contributed by atoms with Crippen molar-refractivity contribution in [2.24, 2.45) is 0 Å². The molecule has 7 nitrogen and oxygen atoms in total. The standard InChI is InChI=1S/C24H24ClN3O4/c1-28(24(30)27-14-16-8-10-18(26)11-9-16)23(29)19-12-22(21(31-2)13-20(19)25)32-15-17-6-4-3-5-7-17/h3-13H,14-15,26H2,1-2H3,(H,27,30). The first-order valence-electron chi connectivity index (χ1n) is 9.83. The van der Waals surface area contributed by atoms with Gasteiger partial charge in [0.15, 0.2) is 11.5 Å². The van der Waals surface area contributed by atoms with Crippen LogP contribution in [0.2, 0.25) is 5.02 Å². The largest absolute Gasteiger partial charge is 0.493 e. The second-order valence-corrected chi connectivity index (χ2v) is 7.43. The first-order valence-corrected chi connectivity index (χ1v) is 10.2. The van der Waals surface area contributed by atoms with Gasteiger partial charge in [-0.3, -0.25) is 9.69 Å². The van der Waals surface area contributed by atoms with E-state index in [1.54, 1.807) is 24.3 Å². The minimum Gasteiger partial charge on any atom is -0.493 e. The van der Waals surface area contributed by atoms with Crippen LogP contribution in [-0.4, -0.2) is 31.0 Å². The Kier molecular flexibility index (Phi) is 7.57.